The Labute approximate surface area is 159 Å². The molecule has 3 heterocycles. The molecule has 0 saturated carbocycles. The van der Waals surface area contributed by atoms with Crippen LogP contribution in [0.3, 0.4) is 0 Å². The van der Waals surface area contributed by atoms with E-state index in [1.807, 2.05) is 30.3 Å². The number of carbonyl (C=O) groups is 1. The highest BCUT2D eigenvalue weighted by Crippen LogP contribution is 2.23. The minimum atomic E-state index is -0.302. The Kier molecular flexibility index (Phi) is 4.71. The molecule has 0 N–H and O–H groups in total. The second-order valence-electron chi connectivity index (χ2n) is 6.20. The molecule has 142 valence electrons. The quantitative estimate of drug-likeness (QED) is 0.503. The van der Waals surface area contributed by atoms with Crippen LogP contribution in [-0.2, 0) is 13.2 Å². The highest BCUT2D eigenvalue weighted by atomic mass is 16.6. The van der Waals surface area contributed by atoms with Gasteiger partial charge < -0.3 is 14.1 Å². The maximum Gasteiger partial charge on any atom is 0.275 e. The number of fused-ring (bicyclic) bond motifs is 1. The van der Waals surface area contributed by atoms with Crippen LogP contribution in [0.5, 0.6) is 5.75 Å². The van der Waals surface area contributed by atoms with Crippen molar-refractivity contribution in [2.45, 2.75) is 20.1 Å². The molecule has 0 fully saturated rings. The standard InChI is InChI=1S/C19H17N5O4/c1-12-14(23-28-22-12)9-24(2)19(25)15-10-27-17(21-15)11-26-16-7-3-5-13-6-4-8-20-18(13)16/h3-8,10H,9,11H2,1-2H3. The van der Waals surface area contributed by atoms with Crippen molar-refractivity contribution in [3.8, 4) is 5.75 Å². The zero-order valence-corrected chi connectivity index (χ0v) is 15.3. The van der Waals surface area contributed by atoms with Crippen molar-refractivity contribution in [3.63, 3.8) is 0 Å². The highest BCUT2D eigenvalue weighted by Gasteiger charge is 2.19. The van der Waals surface area contributed by atoms with Crippen LogP contribution in [0.1, 0.15) is 27.8 Å². The van der Waals surface area contributed by atoms with Crippen LogP contribution in [0.2, 0.25) is 0 Å². The lowest BCUT2D eigenvalue weighted by molar-refractivity contribution is 0.0776. The van der Waals surface area contributed by atoms with Gasteiger partial charge in [0, 0.05) is 18.6 Å². The molecule has 0 unspecified atom stereocenters. The number of hydrogen-bond acceptors (Lipinski definition) is 8. The number of para-hydroxylation sites is 1. The van der Waals surface area contributed by atoms with Gasteiger partial charge in [0.15, 0.2) is 12.3 Å². The molecule has 3 aromatic heterocycles. The predicted octanol–water partition coefficient (Wildman–Crippen LogP) is 2.77. The summed E-state index contributed by atoms with van der Waals surface area (Å²) >= 11 is 0. The fourth-order valence-electron chi connectivity index (χ4n) is 2.69. The first-order valence-electron chi connectivity index (χ1n) is 8.56. The van der Waals surface area contributed by atoms with Crippen molar-refractivity contribution in [2.75, 3.05) is 7.05 Å². The van der Waals surface area contributed by atoms with Crippen LogP contribution in [0.25, 0.3) is 10.9 Å². The molecule has 0 aliphatic heterocycles. The summed E-state index contributed by atoms with van der Waals surface area (Å²) in [6.45, 7) is 2.10. The van der Waals surface area contributed by atoms with Crippen molar-refractivity contribution < 1.29 is 18.6 Å². The van der Waals surface area contributed by atoms with Crippen molar-refractivity contribution in [3.05, 3.63) is 65.8 Å². The summed E-state index contributed by atoms with van der Waals surface area (Å²) in [6, 6.07) is 9.50. The van der Waals surface area contributed by atoms with Crippen molar-refractivity contribution in [1.29, 1.82) is 0 Å². The zero-order chi connectivity index (χ0) is 19.5. The Morgan fingerprint density at radius 1 is 1.21 bits per heavy atom. The molecule has 0 spiro atoms. The third-order valence-electron chi connectivity index (χ3n) is 4.20. The summed E-state index contributed by atoms with van der Waals surface area (Å²) in [4.78, 5) is 22.5. The SMILES string of the molecule is Cc1nonc1CN(C)C(=O)c1coc(COc2cccc3cccnc23)n1. The van der Waals surface area contributed by atoms with Gasteiger partial charge in [-0.3, -0.25) is 9.78 Å². The third kappa shape index (κ3) is 3.54. The number of ether oxygens (including phenoxy) is 1. The molecule has 1 aromatic carbocycles. The Morgan fingerprint density at radius 3 is 2.89 bits per heavy atom. The van der Waals surface area contributed by atoms with Crippen LogP contribution in [0.4, 0.5) is 0 Å². The lowest BCUT2D eigenvalue weighted by Crippen LogP contribution is -2.27. The average molecular weight is 379 g/mol. The molecule has 9 heteroatoms. The highest BCUT2D eigenvalue weighted by molar-refractivity contribution is 5.91. The van der Waals surface area contributed by atoms with E-state index in [4.69, 9.17) is 9.15 Å². The minimum absolute atomic E-state index is 0.0823. The fourth-order valence-corrected chi connectivity index (χ4v) is 2.69. The first-order chi connectivity index (χ1) is 13.6. The minimum Gasteiger partial charge on any atom is -0.482 e. The first kappa shape index (κ1) is 17.7. The number of benzene rings is 1. The molecular weight excluding hydrogens is 362 g/mol. The number of nitrogens with zero attached hydrogens (tertiary/aromatic N) is 5. The maximum atomic E-state index is 12.5. The normalized spacial score (nSPS) is 10.9. The molecular formula is C19H17N5O4. The summed E-state index contributed by atoms with van der Waals surface area (Å²) in [7, 11) is 1.64. The van der Waals surface area contributed by atoms with Gasteiger partial charge in [0.1, 0.15) is 28.9 Å². The summed E-state index contributed by atoms with van der Waals surface area (Å²) < 4.78 is 15.8. The van der Waals surface area contributed by atoms with Crippen LogP contribution in [0, 0.1) is 6.92 Å². The summed E-state index contributed by atoms with van der Waals surface area (Å²) in [6.07, 6.45) is 3.02. The van der Waals surface area contributed by atoms with E-state index < -0.39 is 0 Å². The van der Waals surface area contributed by atoms with Crippen LogP contribution in [-0.4, -0.2) is 38.1 Å². The number of aryl methyl sites for hydroxylation is 1. The van der Waals surface area contributed by atoms with Gasteiger partial charge in [0.2, 0.25) is 5.89 Å². The summed E-state index contributed by atoms with van der Waals surface area (Å²) in [5.41, 5.74) is 2.17. The second kappa shape index (κ2) is 7.47. The number of amides is 1. The smallest absolute Gasteiger partial charge is 0.275 e. The molecule has 1 amide bonds. The van der Waals surface area contributed by atoms with Crippen molar-refractivity contribution in [2.24, 2.45) is 0 Å². The second-order valence-corrected chi connectivity index (χ2v) is 6.20. The van der Waals surface area contributed by atoms with E-state index in [9.17, 15) is 4.79 Å². The number of rotatable bonds is 6. The van der Waals surface area contributed by atoms with E-state index in [-0.39, 0.29) is 24.8 Å². The maximum absolute atomic E-state index is 12.5. The van der Waals surface area contributed by atoms with E-state index in [0.717, 1.165) is 10.9 Å². The number of aromatic nitrogens is 4. The number of oxazole rings is 1. The molecule has 0 aliphatic carbocycles. The van der Waals surface area contributed by atoms with Gasteiger partial charge in [-0.1, -0.05) is 28.5 Å². The molecule has 0 bridgehead atoms. The van der Waals surface area contributed by atoms with Crippen LogP contribution < -0.4 is 4.74 Å². The lowest BCUT2D eigenvalue weighted by Gasteiger charge is -2.13. The molecule has 0 saturated heterocycles. The average Bonchev–Trinajstić information content (AvgIpc) is 3.35. The van der Waals surface area contributed by atoms with Crippen molar-refractivity contribution in [1.82, 2.24) is 25.2 Å². The van der Waals surface area contributed by atoms with Crippen LogP contribution >= 0.6 is 0 Å². The molecule has 0 aliphatic rings. The van der Waals surface area contributed by atoms with E-state index in [0.29, 0.717) is 23.0 Å². The van der Waals surface area contributed by atoms with Gasteiger partial charge in [0.05, 0.1) is 6.54 Å². The lowest BCUT2D eigenvalue weighted by atomic mass is 10.2. The molecule has 9 nitrogen and oxygen atoms in total. The third-order valence-corrected chi connectivity index (χ3v) is 4.20. The molecule has 4 rings (SSSR count). The Balaban J connectivity index is 1.42. The van der Waals surface area contributed by atoms with Gasteiger partial charge in [0.25, 0.3) is 5.91 Å². The Bertz CT molecular complexity index is 1110. The molecule has 0 atom stereocenters. The molecule has 28 heavy (non-hydrogen) atoms. The number of hydrogen-bond donors (Lipinski definition) is 0. The molecule has 4 aromatic rings. The van der Waals surface area contributed by atoms with Gasteiger partial charge in [-0.25, -0.2) is 9.61 Å². The summed E-state index contributed by atoms with van der Waals surface area (Å²) in [5, 5.41) is 8.45. The first-order valence-corrected chi connectivity index (χ1v) is 8.56. The van der Waals surface area contributed by atoms with Crippen molar-refractivity contribution >= 4 is 16.8 Å². The predicted molar refractivity (Wildman–Crippen MR) is 97.4 cm³/mol. The Hall–Kier alpha value is -3.75. The number of carbonyl (C=O) groups excluding carboxylic acids is 1. The topological polar surface area (TPSA) is 107 Å². The zero-order valence-electron chi connectivity index (χ0n) is 15.3. The van der Waals surface area contributed by atoms with Gasteiger partial charge in [-0.2, -0.15) is 0 Å². The number of pyridine rings is 1. The van der Waals surface area contributed by atoms with E-state index >= 15 is 0 Å². The Morgan fingerprint density at radius 2 is 2.07 bits per heavy atom. The fraction of sp³-hybridized carbons (Fsp3) is 0.211. The molecule has 0 radical (unpaired) electrons. The van der Waals surface area contributed by atoms with Gasteiger partial charge in [-0.15, -0.1) is 0 Å². The van der Waals surface area contributed by atoms with E-state index in [1.54, 1.807) is 20.2 Å². The van der Waals surface area contributed by atoms with Gasteiger partial charge in [-0.05, 0) is 19.1 Å². The monoisotopic (exact) mass is 379 g/mol. The van der Waals surface area contributed by atoms with Gasteiger partial charge >= 0.3 is 0 Å². The van der Waals surface area contributed by atoms with E-state index in [1.165, 1.54) is 11.2 Å². The van der Waals surface area contributed by atoms with Crippen LogP contribution in [0.15, 0.2) is 51.8 Å². The van der Waals surface area contributed by atoms with E-state index in [2.05, 4.69) is 24.9 Å². The summed E-state index contributed by atoms with van der Waals surface area (Å²) in [5.74, 6) is 0.614. The largest absolute Gasteiger partial charge is 0.482 e.